The van der Waals surface area contributed by atoms with Gasteiger partial charge in [-0.2, -0.15) is 11.8 Å². The van der Waals surface area contributed by atoms with Crippen LogP contribution in [0.2, 0.25) is 0 Å². The SMILES string of the molecule is CSCC[C@H](N)C(=O)N[C@H](C(=O)N[C@@H](CCCCNC(C)=O)C(=O)O)C(C)C. The molecule has 3 amide bonds. The number of thioether (sulfide) groups is 1. The molecular formula is C18H34N4O5S. The van der Waals surface area contributed by atoms with Gasteiger partial charge < -0.3 is 26.8 Å². The lowest BCUT2D eigenvalue weighted by molar-refractivity contribution is -0.142. The molecule has 0 saturated carbocycles. The smallest absolute Gasteiger partial charge is 0.326 e. The number of rotatable bonds is 14. The Labute approximate surface area is 170 Å². The molecule has 10 heteroatoms. The van der Waals surface area contributed by atoms with Crippen molar-refractivity contribution < 1.29 is 24.3 Å². The summed E-state index contributed by atoms with van der Waals surface area (Å²) < 4.78 is 0. The summed E-state index contributed by atoms with van der Waals surface area (Å²) in [6, 6.07) is -2.65. The number of carbonyl (C=O) groups excluding carboxylic acids is 3. The molecule has 3 atom stereocenters. The van der Waals surface area contributed by atoms with Gasteiger partial charge in [-0.3, -0.25) is 14.4 Å². The van der Waals surface area contributed by atoms with E-state index in [1.165, 1.54) is 6.92 Å². The van der Waals surface area contributed by atoms with Crippen LogP contribution in [0.4, 0.5) is 0 Å². The molecule has 0 fully saturated rings. The van der Waals surface area contributed by atoms with Gasteiger partial charge in [0, 0.05) is 13.5 Å². The largest absolute Gasteiger partial charge is 0.480 e. The second-order valence-corrected chi connectivity index (χ2v) is 7.98. The Balaban J connectivity index is 4.73. The Hall–Kier alpha value is -1.81. The second-order valence-electron chi connectivity index (χ2n) is 7.00. The van der Waals surface area contributed by atoms with Crippen LogP contribution in [0.25, 0.3) is 0 Å². The van der Waals surface area contributed by atoms with Gasteiger partial charge in [0.15, 0.2) is 0 Å². The van der Waals surface area contributed by atoms with E-state index in [2.05, 4.69) is 16.0 Å². The van der Waals surface area contributed by atoms with Crippen LogP contribution in [0, 0.1) is 5.92 Å². The number of carboxylic acid groups (broad SMARTS) is 1. The van der Waals surface area contributed by atoms with Gasteiger partial charge in [0.2, 0.25) is 17.7 Å². The number of unbranched alkanes of at least 4 members (excludes halogenated alkanes) is 1. The zero-order valence-electron chi connectivity index (χ0n) is 17.1. The number of nitrogens with two attached hydrogens (primary N) is 1. The minimum atomic E-state index is -1.14. The number of aliphatic carboxylic acids is 1. The summed E-state index contributed by atoms with van der Waals surface area (Å²) in [4.78, 5) is 47.0. The Morgan fingerprint density at radius 1 is 1.04 bits per heavy atom. The molecule has 0 aromatic carbocycles. The highest BCUT2D eigenvalue weighted by Crippen LogP contribution is 2.07. The van der Waals surface area contributed by atoms with E-state index in [0.29, 0.717) is 25.8 Å². The summed E-state index contributed by atoms with van der Waals surface area (Å²) >= 11 is 1.58. The Kier molecular flexibility index (Phi) is 13.3. The third-order valence-electron chi connectivity index (χ3n) is 4.12. The molecule has 0 saturated heterocycles. The highest BCUT2D eigenvalue weighted by Gasteiger charge is 2.29. The topological polar surface area (TPSA) is 151 Å². The van der Waals surface area contributed by atoms with Crippen molar-refractivity contribution in [2.75, 3.05) is 18.6 Å². The second kappa shape index (κ2) is 14.2. The molecule has 6 N–H and O–H groups in total. The van der Waals surface area contributed by atoms with Crippen molar-refractivity contribution in [1.82, 2.24) is 16.0 Å². The standard InChI is InChI=1S/C18H34N4O5S/c1-11(2)15(22-16(24)13(19)8-10-28-4)17(25)21-14(18(26)27)7-5-6-9-20-12(3)23/h11,13-15H,5-10,19H2,1-4H3,(H,20,23)(H,21,25)(H,22,24)(H,26,27)/t13-,14-,15-/m0/s1. The van der Waals surface area contributed by atoms with E-state index in [1.807, 2.05) is 6.26 Å². The van der Waals surface area contributed by atoms with Crippen molar-refractivity contribution in [2.24, 2.45) is 11.7 Å². The lowest BCUT2D eigenvalue weighted by Crippen LogP contribution is -2.56. The van der Waals surface area contributed by atoms with E-state index in [4.69, 9.17) is 5.73 Å². The number of hydrogen-bond acceptors (Lipinski definition) is 6. The highest BCUT2D eigenvalue weighted by atomic mass is 32.2. The van der Waals surface area contributed by atoms with Crippen LogP contribution >= 0.6 is 11.8 Å². The van der Waals surface area contributed by atoms with Gasteiger partial charge in [-0.1, -0.05) is 13.8 Å². The van der Waals surface area contributed by atoms with Crippen LogP contribution in [-0.4, -0.2) is 65.5 Å². The summed E-state index contributed by atoms with van der Waals surface area (Å²) in [5.74, 6) is -1.76. The normalized spacial score (nSPS) is 14.1. The van der Waals surface area contributed by atoms with Crippen LogP contribution in [0.1, 0.15) is 46.5 Å². The van der Waals surface area contributed by atoms with Crippen molar-refractivity contribution in [1.29, 1.82) is 0 Å². The molecule has 0 aromatic rings. The first kappa shape index (κ1) is 26.2. The lowest BCUT2D eigenvalue weighted by atomic mass is 10.0. The third-order valence-corrected chi connectivity index (χ3v) is 4.77. The Bertz CT molecular complexity index is 530. The molecule has 0 bridgehead atoms. The van der Waals surface area contributed by atoms with Gasteiger partial charge in [-0.05, 0) is 43.6 Å². The molecule has 0 aromatic heterocycles. The van der Waals surface area contributed by atoms with E-state index < -0.39 is 35.9 Å². The van der Waals surface area contributed by atoms with Gasteiger partial charge in [0.05, 0.1) is 6.04 Å². The maximum Gasteiger partial charge on any atom is 0.326 e. The average molecular weight is 419 g/mol. The molecule has 162 valence electrons. The van der Waals surface area contributed by atoms with Crippen LogP contribution in [0.5, 0.6) is 0 Å². The molecule has 0 heterocycles. The van der Waals surface area contributed by atoms with E-state index >= 15 is 0 Å². The fourth-order valence-electron chi connectivity index (χ4n) is 2.43. The summed E-state index contributed by atoms with van der Waals surface area (Å²) in [7, 11) is 0. The first-order chi connectivity index (χ1) is 13.1. The van der Waals surface area contributed by atoms with E-state index in [9.17, 15) is 24.3 Å². The van der Waals surface area contributed by atoms with E-state index in [-0.39, 0.29) is 18.2 Å². The monoisotopic (exact) mass is 418 g/mol. The molecule has 28 heavy (non-hydrogen) atoms. The minimum absolute atomic E-state index is 0.144. The zero-order chi connectivity index (χ0) is 21.7. The summed E-state index contributed by atoms with van der Waals surface area (Å²) in [5.41, 5.74) is 5.84. The van der Waals surface area contributed by atoms with Crippen LogP contribution in [-0.2, 0) is 19.2 Å². The lowest BCUT2D eigenvalue weighted by Gasteiger charge is -2.25. The maximum atomic E-state index is 12.6. The number of carboxylic acids is 1. The van der Waals surface area contributed by atoms with Crippen LogP contribution < -0.4 is 21.7 Å². The fraction of sp³-hybridized carbons (Fsp3) is 0.778. The van der Waals surface area contributed by atoms with Crippen LogP contribution in [0.3, 0.4) is 0 Å². The van der Waals surface area contributed by atoms with Gasteiger partial charge in [-0.25, -0.2) is 4.79 Å². The summed E-state index contributed by atoms with van der Waals surface area (Å²) in [6.07, 6.45) is 3.76. The Morgan fingerprint density at radius 2 is 1.68 bits per heavy atom. The predicted molar refractivity (Wildman–Crippen MR) is 110 cm³/mol. The molecule has 9 nitrogen and oxygen atoms in total. The van der Waals surface area contributed by atoms with Gasteiger partial charge in [0.25, 0.3) is 0 Å². The first-order valence-corrected chi connectivity index (χ1v) is 10.8. The molecule has 0 aliphatic rings. The van der Waals surface area contributed by atoms with Crippen LogP contribution in [0.15, 0.2) is 0 Å². The molecule has 0 radical (unpaired) electrons. The van der Waals surface area contributed by atoms with Gasteiger partial charge in [0.1, 0.15) is 12.1 Å². The van der Waals surface area contributed by atoms with Crippen molar-refractivity contribution >= 4 is 35.5 Å². The molecule has 0 rings (SSSR count). The van der Waals surface area contributed by atoms with E-state index in [0.717, 1.165) is 5.75 Å². The maximum absolute atomic E-state index is 12.6. The molecular weight excluding hydrogens is 384 g/mol. The van der Waals surface area contributed by atoms with Gasteiger partial charge >= 0.3 is 5.97 Å². The Morgan fingerprint density at radius 3 is 2.18 bits per heavy atom. The summed E-state index contributed by atoms with van der Waals surface area (Å²) in [6.45, 7) is 5.39. The third kappa shape index (κ3) is 11.1. The fourth-order valence-corrected chi connectivity index (χ4v) is 2.92. The molecule has 0 aliphatic carbocycles. The highest BCUT2D eigenvalue weighted by molar-refractivity contribution is 7.98. The van der Waals surface area contributed by atoms with Crippen molar-refractivity contribution in [3.05, 3.63) is 0 Å². The van der Waals surface area contributed by atoms with Gasteiger partial charge in [-0.15, -0.1) is 0 Å². The summed E-state index contributed by atoms with van der Waals surface area (Å²) in [5, 5.41) is 17.1. The van der Waals surface area contributed by atoms with Crippen molar-refractivity contribution in [3.63, 3.8) is 0 Å². The predicted octanol–water partition coefficient (Wildman–Crippen LogP) is 0.0834. The number of amides is 3. The number of nitrogens with one attached hydrogen (secondary N) is 3. The average Bonchev–Trinajstić information content (AvgIpc) is 2.61. The molecule has 0 aliphatic heterocycles. The number of carbonyl (C=O) groups is 4. The van der Waals surface area contributed by atoms with E-state index in [1.54, 1.807) is 25.6 Å². The number of hydrogen-bond donors (Lipinski definition) is 5. The quantitative estimate of drug-likeness (QED) is 0.251. The molecule has 0 unspecified atom stereocenters. The van der Waals surface area contributed by atoms with Crippen molar-refractivity contribution in [2.45, 2.75) is 64.6 Å². The molecule has 0 spiro atoms. The van der Waals surface area contributed by atoms with Crippen molar-refractivity contribution in [3.8, 4) is 0 Å². The zero-order valence-corrected chi connectivity index (χ0v) is 17.9. The first-order valence-electron chi connectivity index (χ1n) is 9.42. The minimum Gasteiger partial charge on any atom is -0.480 e.